The Morgan fingerprint density at radius 2 is 2.00 bits per heavy atom. The van der Waals surface area contributed by atoms with Crippen molar-refractivity contribution in [3.8, 4) is 0 Å². The fourth-order valence-corrected chi connectivity index (χ4v) is 0.732. The van der Waals surface area contributed by atoms with Crippen LogP contribution in [-0.4, -0.2) is 18.6 Å². The van der Waals surface area contributed by atoms with Crippen molar-refractivity contribution < 1.29 is 9.53 Å². The van der Waals surface area contributed by atoms with Crippen LogP contribution in [0.25, 0.3) is 0 Å². The SMILES string of the molecule is CC[C@H](N)C(=O)OCCC(C)(C)C. The van der Waals surface area contributed by atoms with Crippen molar-refractivity contribution in [2.45, 2.75) is 46.6 Å². The maximum absolute atomic E-state index is 11.1. The molecule has 3 heteroatoms. The summed E-state index contributed by atoms with van der Waals surface area (Å²) in [6.45, 7) is 8.67. The van der Waals surface area contributed by atoms with E-state index in [-0.39, 0.29) is 11.4 Å². The lowest BCUT2D eigenvalue weighted by atomic mass is 9.93. The van der Waals surface area contributed by atoms with Gasteiger partial charge in [-0.25, -0.2) is 0 Å². The molecule has 0 aromatic heterocycles. The standard InChI is InChI=1S/C10H21NO2/c1-5-8(11)9(12)13-7-6-10(2,3)4/h8H,5-7,11H2,1-4H3/t8-/m0/s1. The van der Waals surface area contributed by atoms with Gasteiger partial charge in [-0.2, -0.15) is 0 Å². The number of carbonyl (C=O) groups is 1. The van der Waals surface area contributed by atoms with E-state index >= 15 is 0 Å². The van der Waals surface area contributed by atoms with Gasteiger partial charge in [-0.15, -0.1) is 0 Å². The van der Waals surface area contributed by atoms with Gasteiger partial charge in [0.1, 0.15) is 6.04 Å². The average Bonchev–Trinajstić information content (AvgIpc) is 2.00. The number of carbonyl (C=O) groups excluding carboxylic acids is 1. The van der Waals surface area contributed by atoms with E-state index in [1.54, 1.807) is 0 Å². The van der Waals surface area contributed by atoms with E-state index in [4.69, 9.17) is 10.5 Å². The minimum absolute atomic E-state index is 0.205. The van der Waals surface area contributed by atoms with Crippen LogP contribution in [0.5, 0.6) is 0 Å². The van der Waals surface area contributed by atoms with Gasteiger partial charge in [0.15, 0.2) is 0 Å². The summed E-state index contributed by atoms with van der Waals surface area (Å²) in [5.41, 5.74) is 5.70. The van der Waals surface area contributed by atoms with Crippen LogP contribution in [-0.2, 0) is 9.53 Å². The molecular formula is C10H21NO2. The minimum atomic E-state index is -0.458. The van der Waals surface area contributed by atoms with Crippen molar-refractivity contribution >= 4 is 5.97 Å². The molecule has 2 N–H and O–H groups in total. The summed E-state index contributed by atoms with van der Waals surface area (Å²) >= 11 is 0. The fraction of sp³-hybridized carbons (Fsp3) is 0.900. The molecule has 1 atom stereocenters. The van der Waals surface area contributed by atoms with E-state index in [0.29, 0.717) is 13.0 Å². The lowest BCUT2D eigenvalue weighted by Crippen LogP contribution is -2.32. The molecule has 0 bridgehead atoms. The highest BCUT2D eigenvalue weighted by molar-refractivity contribution is 5.75. The lowest BCUT2D eigenvalue weighted by molar-refractivity contribution is -0.145. The highest BCUT2D eigenvalue weighted by atomic mass is 16.5. The van der Waals surface area contributed by atoms with E-state index in [0.717, 1.165) is 6.42 Å². The highest BCUT2D eigenvalue weighted by Crippen LogP contribution is 2.17. The van der Waals surface area contributed by atoms with Crippen molar-refractivity contribution in [2.24, 2.45) is 11.1 Å². The van der Waals surface area contributed by atoms with Crippen LogP contribution in [0.15, 0.2) is 0 Å². The van der Waals surface area contributed by atoms with Crippen molar-refractivity contribution in [1.82, 2.24) is 0 Å². The van der Waals surface area contributed by atoms with Gasteiger partial charge in [-0.05, 0) is 18.3 Å². The lowest BCUT2D eigenvalue weighted by Gasteiger charge is -2.18. The number of hydrogen-bond donors (Lipinski definition) is 1. The Labute approximate surface area is 80.6 Å². The third-order valence-electron chi connectivity index (χ3n) is 1.84. The first-order valence-electron chi connectivity index (χ1n) is 4.79. The van der Waals surface area contributed by atoms with E-state index in [1.807, 2.05) is 6.92 Å². The first-order valence-corrected chi connectivity index (χ1v) is 4.79. The van der Waals surface area contributed by atoms with Crippen LogP contribution in [0.4, 0.5) is 0 Å². The molecule has 0 saturated carbocycles. The molecule has 0 heterocycles. The maximum Gasteiger partial charge on any atom is 0.322 e. The van der Waals surface area contributed by atoms with Gasteiger partial charge in [0, 0.05) is 0 Å². The molecule has 0 aromatic rings. The zero-order chi connectivity index (χ0) is 10.5. The van der Waals surface area contributed by atoms with Crippen LogP contribution >= 0.6 is 0 Å². The Balaban J connectivity index is 3.60. The van der Waals surface area contributed by atoms with Gasteiger partial charge < -0.3 is 10.5 Å². The third-order valence-corrected chi connectivity index (χ3v) is 1.84. The zero-order valence-electron chi connectivity index (χ0n) is 9.09. The predicted molar refractivity (Wildman–Crippen MR) is 53.3 cm³/mol. The summed E-state index contributed by atoms with van der Waals surface area (Å²) in [4.78, 5) is 11.1. The molecule has 0 aromatic carbocycles. The molecule has 13 heavy (non-hydrogen) atoms. The molecule has 0 aliphatic heterocycles. The Hall–Kier alpha value is -0.570. The largest absolute Gasteiger partial charge is 0.465 e. The van der Waals surface area contributed by atoms with Gasteiger partial charge in [-0.3, -0.25) is 4.79 Å². The summed E-state index contributed by atoms with van der Waals surface area (Å²) in [5, 5.41) is 0. The topological polar surface area (TPSA) is 52.3 Å². The van der Waals surface area contributed by atoms with Crippen molar-refractivity contribution in [3.05, 3.63) is 0 Å². The van der Waals surface area contributed by atoms with Crippen molar-refractivity contribution in [2.75, 3.05) is 6.61 Å². The first kappa shape index (κ1) is 12.4. The normalized spacial score (nSPS) is 13.9. The Bertz CT molecular complexity index is 161. The number of ether oxygens (including phenoxy) is 1. The number of nitrogens with two attached hydrogens (primary N) is 1. The second kappa shape index (κ2) is 5.22. The second-order valence-electron chi connectivity index (χ2n) is 4.49. The molecule has 0 spiro atoms. The smallest absolute Gasteiger partial charge is 0.322 e. The van der Waals surface area contributed by atoms with Crippen LogP contribution < -0.4 is 5.73 Å². The Morgan fingerprint density at radius 3 is 2.38 bits per heavy atom. The van der Waals surface area contributed by atoms with E-state index < -0.39 is 6.04 Å². The van der Waals surface area contributed by atoms with Gasteiger partial charge in [0.2, 0.25) is 0 Å². The number of rotatable bonds is 4. The molecule has 78 valence electrons. The van der Waals surface area contributed by atoms with Crippen LogP contribution in [0, 0.1) is 5.41 Å². The fourth-order valence-electron chi connectivity index (χ4n) is 0.732. The molecular weight excluding hydrogens is 166 g/mol. The van der Waals surface area contributed by atoms with Gasteiger partial charge in [-0.1, -0.05) is 27.7 Å². The molecule has 0 rings (SSSR count). The predicted octanol–water partition coefficient (Wildman–Crippen LogP) is 1.70. The summed E-state index contributed by atoms with van der Waals surface area (Å²) < 4.78 is 5.01. The highest BCUT2D eigenvalue weighted by Gasteiger charge is 2.15. The van der Waals surface area contributed by atoms with Crippen molar-refractivity contribution in [3.63, 3.8) is 0 Å². The second-order valence-corrected chi connectivity index (χ2v) is 4.49. The molecule has 0 aliphatic carbocycles. The van der Waals surface area contributed by atoms with Crippen molar-refractivity contribution in [1.29, 1.82) is 0 Å². The van der Waals surface area contributed by atoms with Gasteiger partial charge in [0.05, 0.1) is 6.61 Å². The van der Waals surface area contributed by atoms with Gasteiger partial charge in [0.25, 0.3) is 0 Å². The minimum Gasteiger partial charge on any atom is -0.465 e. The molecule has 0 unspecified atom stereocenters. The third kappa shape index (κ3) is 6.58. The number of hydrogen-bond acceptors (Lipinski definition) is 3. The summed E-state index contributed by atoms with van der Waals surface area (Å²) in [7, 11) is 0. The first-order chi connectivity index (χ1) is 5.87. The summed E-state index contributed by atoms with van der Waals surface area (Å²) in [6, 6.07) is -0.458. The quantitative estimate of drug-likeness (QED) is 0.681. The van der Waals surface area contributed by atoms with Crippen LogP contribution in [0.2, 0.25) is 0 Å². The zero-order valence-corrected chi connectivity index (χ0v) is 9.09. The Morgan fingerprint density at radius 1 is 1.46 bits per heavy atom. The van der Waals surface area contributed by atoms with E-state index in [2.05, 4.69) is 20.8 Å². The van der Waals surface area contributed by atoms with Crippen LogP contribution in [0.3, 0.4) is 0 Å². The van der Waals surface area contributed by atoms with Crippen LogP contribution in [0.1, 0.15) is 40.5 Å². The van der Waals surface area contributed by atoms with E-state index in [1.165, 1.54) is 0 Å². The molecule has 0 amide bonds. The summed E-state index contributed by atoms with van der Waals surface area (Å²) in [6.07, 6.45) is 1.50. The molecule has 0 aliphatic rings. The van der Waals surface area contributed by atoms with Gasteiger partial charge >= 0.3 is 5.97 Å². The molecule has 0 saturated heterocycles. The molecule has 0 radical (unpaired) electrons. The molecule has 3 nitrogen and oxygen atoms in total. The molecule has 0 fully saturated rings. The monoisotopic (exact) mass is 187 g/mol. The summed E-state index contributed by atoms with van der Waals surface area (Å²) in [5.74, 6) is -0.285. The average molecular weight is 187 g/mol. The number of esters is 1. The Kier molecular flexibility index (Phi) is 4.99. The van der Waals surface area contributed by atoms with E-state index in [9.17, 15) is 4.79 Å². The maximum atomic E-state index is 11.1.